The second-order valence-corrected chi connectivity index (χ2v) is 6.04. The van der Waals surface area contributed by atoms with Gasteiger partial charge in [-0.05, 0) is 25.0 Å². The fraction of sp³-hybridized carbons (Fsp3) is 0.455. The van der Waals surface area contributed by atoms with E-state index in [1.54, 1.807) is 7.05 Å². The smallest absolute Gasteiger partial charge is 0.211 e. The highest BCUT2D eigenvalue weighted by atomic mass is 32.2. The van der Waals surface area contributed by atoms with Crippen molar-refractivity contribution in [3.63, 3.8) is 0 Å². The van der Waals surface area contributed by atoms with Gasteiger partial charge in [-0.1, -0.05) is 23.8 Å². The average molecular weight is 227 g/mol. The number of sulfonamides is 1. The molecule has 1 aromatic carbocycles. The van der Waals surface area contributed by atoms with Crippen LogP contribution in [0.1, 0.15) is 16.7 Å². The predicted octanol–water partition coefficient (Wildman–Crippen LogP) is 1.69. The van der Waals surface area contributed by atoms with E-state index in [1.165, 1.54) is 16.1 Å². The number of nitrogens with zero attached hydrogens (tertiary/aromatic N) is 1. The Morgan fingerprint density at radius 2 is 1.87 bits per heavy atom. The van der Waals surface area contributed by atoms with E-state index in [0.29, 0.717) is 6.54 Å². The molecule has 0 aliphatic carbocycles. The molecule has 0 atom stereocenters. The molecule has 0 amide bonds. The SMILES string of the molecule is Cc1ccc(CN(C)S(C)(=O)=O)c(C)c1. The molecule has 0 fully saturated rings. The first-order chi connectivity index (χ1) is 6.80. The third-order valence-electron chi connectivity index (χ3n) is 2.46. The summed E-state index contributed by atoms with van der Waals surface area (Å²) >= 11 is 0. The maximum absolute atomic E-state index is 11.2. The average Bonchev–Trinajstić information content (AvgIpc) is 2.08. The Bertz CT molecular complexity index is 452. The van der Waals surface area contributed by atoms with Gasteiger partial charge < -0.3 is 0 Å². The van der Waals surface area contributed by atoms with Crippen molar-refractivity contribution in [1.82, 2.24) is 4.31 Å². The summed E-state index contributed by atoms with van der Waals surface area (Å²) < 4.78 is 23.8. The van der Waals surface area contributed by atoms with Gasteiger partial charge in [0.1, 0.15) is 0 Å². The molecule has 0 heterocycles. The minimum atomic E-state index is -3.09. The molecule has 0 bridgehead atoms. The van der Waals surface area contributed by atoms with Crippen molar-refractivity contribution >= 4 is 10.0 Å². The zero-order valence-corrected chi connectivity index (χ0v) is 10.4. The molecule has 3 nitrogen and oxygen atoms in total. The van der Waals surface area contributed by atoms with E-state index >= 15 is 0 Å². The summed E-state index contributed by atoms with van der Waals surface area (Å²) in [6.07, 6.45) is 1.22. The van der Waals surface area contributed by atoms with Crippen molar-refractivity contribution in [3.8, 4) is 0 Å². The maximum atomic E-state index is 11.2. The van der Waals surface area contributed by atoms with Crippen LogP contribution in [0.3, 0.4) is 0 Å². The van der Waals surface area contributed by atoms with Gasteiger partial charge in [0.05, 0.1) is 6.26 Å². The molecule has 0 saturated heterocycles. The van der Waals surface area contributed by atoms with Crippen LogP contribution in [-0.4, -0.2) is 26.0 Å². The Morgan fingerprint density at radius 3 is 2.33 bits per heavy atom. The number of benzene rings is 1. The Hall–Kier alpha value is -0.870. The summed E-state index contributed by atoms with van der Waals surface area (Å²) in [5.74, 6) is 0. The lowest BCUT2D eigenvalue weighted by atomic mass is 10.1. The van der Waals surface area contributed by atoms with Gasteiger partial charge >= 0.3 is 0 Å². The Kier molecular flexibility index (Phi) is 3.52. The summed E-state index contributed by atoms with van der Waals surface area (Å²) in [7, 11) is -1.50. The largest absolute Gasteiger partial charge is 0.213 e. The van der Waals surface area contributed by atoms with Crippen molar-refractivity contribution in [2.45, 2.75) is 20.4 Å². The summed E-state index contributed by atoms with van der Waals surface area (Å²) in [4.78, 5) is 0. The molecular weight excluding hydrogens is 210 g/mol. The molecule has 0 aliphatic heterocycles. The van der Waals surface area contributed by atoms with Gasteiger partial charge in [0, 0.05) is 13.6 Å². The van der Waals surface area contributed by atoms with Gasteiger partial charge in [-0.15, -0.1) is 0 Å². The maximum Gasteiger partial charge on any atom is 0.211 e. The van der Waals surface area contributed by atoms with Gasteiger partial charge in [0.25, 0.3) is 0 Å². The molecule has 0 N–H and O–H groups in total. The highest BCUT2D eigenvalue weighted by Crippen LogP contribution is 2.13. The van der Waals surface area contributed by atoms with E-state index in [2.05, 4.69) is 6.07 Å². The Labute approximate surface area is 91.8 Å². The van der Waals surface area contributed by atoms with Gasteiger partial charge in [-0.3, -0.25) is 0 Å². The molecule has 0 aromatic heterocycles. The van der Waals surface area contributed by atoms with Gasteiger partial charge in [-0.25, -0.2) is 12.7 Å². The number of aryl methyl sites for hydroxylation is 2. The van der Waals surface area contributed by atoms with Crippen molar-refractivity contribution in [2.24, 2.45) is 0 Å². The number of hydrogen-bond donors (Lipinski definition) is 0. The third-order valence-corrected chi connectivity index (χ3v) is 3.72. The molecule has 1 rings (SSSR count). The molecule has 0 aliphatic rings. The third kappa shape index (κ3) is 3.32. The highest BCUT2D eigenvalue weighted by Gasteiger charge is 2.12. The highest BCUT2D eigenvalue weighted by molar-refractivity contribution is 7.88. The van der Waals surface area contributed by atoms with Crippen LogP contribution in [0.25, 0.3) is 0 Å². The predicted molar refractivity (Wildman–Crippen MR) is 62.2 cm³/mol. The van der Waals surface area contributed by atoms with Crippen LogP contribution < -0.4 is 0 Å². The van der Waals surface area contributed by atoms with Crippen LogP contribution in [0.5, 0.6) is 0 Å². The monoisotopic (exact) mass is 227 g/mol. The van der Waals surface area contributed by atoms with E-state index in [4.69, 9.17) is 0 Å². The lowest BCUT2D eigenvalue weighted by Crippen LogP contribution is -2.25. The van der Waals surface area contributed by atoms with Crippen molar-refractivity contribution in [2.75, 3.05) is 13.3 Å². The number of hydrogen-bond acceptors (Lipinski definition) is 2. The molecule has 4 heteroatoms. The molecule has 0 spiro atoms. The summed E-state index contributed by atoms with van der Waals surface area (Å²) in [6, 6.07) is 6.04. The van der Waals surface area contributed by atoms with Crippen molar-refractivity contribution in [3.05, 3.63) is 34.9 Å². The minimum Gasteiger partial charge on any atom is -0.213 e. The molecule has 15 heavy (non-hydrogen) atoms. The molecule has 0 saturated carbocycles. The Balaban J connectivity index is 2.91. The van der Waals surface area contributed by atoms with Gasteiger partial charge in [0.15, 0.2) is 0 Å². The molecule has 84 valence electrons. The van der Waals surface area contributed by atoms with Crippen LogP contribution in [0.4, 0.5) is 0 Å². The van der Waals surface area contributed by atoms with Gasteiger partial charge in [-0.2, -0.15) is 0 Å². The van der Waals surface area contributed by atoms with E-state index in [9.17, 15) is 8.42 Å². The van der Waals surface area contributed by atoms with Crippen LogP contribution >= 0.6 is 0 Å². The molecule has 0 radical (unpaired) electrons. The first kappa shape index (κ1) is 12.2. The standard InChI is InChI=1S/C11H17NO2S/c1-9-5-6-11(10(2)7-9)8-12(3)15(4,13)14/h5-7H,8H2,1-4H3. The van der Waals surface area contributed by atoms with E-state index < -0.39 is 10.0 Å². The fourth-order valence-corrected chi connectivity index (χ4v) is 1.75. The van der Waals surface area contributed by atoms with Crippen LogP contribution in [0.2, 0.25) is 0 Å². The zero-order valence-electron chi connectivity index (χ0n) is 9.61. The minimum absolute atomic E-state index is 0.435. The second kappa shape index (κ2) is 4.33. The number of rotatable bonds is 3. The Morgan fingerprint density at radius 1 is 1.27 bits per heavy atom. The van der Waals surface area contributed by atoms with Gasteiger partial charge in [0.2, 0.25) is 10.0 Å². The van der Waals surface area contributed by atoms with E-state index in [-0.39, 0.29) is 0 Å². The van der Waals surface area contributed by atoms with Crippen molar-refractivity contribution < 1.29 is 8.42 Å². The first-order valence-electron chi connectivity index (χ1n) is 4.78. The van der Waals surface area contributed by atoms with Crippen molar-refractivity contribution in [1.29, 1.82) is 0 Å². The lowest BCUT2D eigenvalue weighted by molar-refractivity contribution is 0.471. The lowest BCUT2D eigenvalue weighted by Gasteiger charge is -2.15. The van der Waals surface area contributed by atoms with E-state index in [0.717, 1.165) is 11.1 Å². The molecule has 1 aromatic rings. The molecule has 0 unspecified atom stereocenters. The quantitative estimate of drug-likeness (QED) is 0.788. The van der Waals surface area contributed by atoms with Crippen LogP contribution in [-0.2, 0) is 16.6 Å². The zero-order chi connectivity index (χ0) is 11.6. The first-order valence-corrected chi connectivity index (χ1v) is 6.63. The summed E-state index contributed by atoms with van der Waals surface area (Å²) in [6.45, 7) is 4.46. The van der Waals surface area contributed by atoms with Crippen LogP contribution in [0, 0.1) is 13.8 Å². The summed E-state index contributed by atoms with van der Waals surface area (Å²) in [5, 5.41) is 0. The normalized spacial score (nSPS) is 12.1. The van der Waals surface area contributed by atoms with Crippen LogP contribution in [0.15, 0.2) is 18.2 Å². The topological polar surface area (TPSA) is 37.4 Å². The molecular formula is C11H17NO2S. The fourth-order valence-electron chi connectivity index (χ4n) is 1.38. The second-order valence-electron chi connectivity index (χ2n) is 3.95. The van der Waals surface area contributed by atoms with E-state index in [1.807, 2.05) is 26.0 Å². The summed E-state index contributed by atoms with van der Waals surface area (Å²) in [5.41, 5.74) is 3.37.